The number of carbonyl (C=O) groups is 1. The van der Waals surface area contributed by atoms with Crippen molar-refractivity contribution in [3.63, 3.8) is 0 Å². The van der Waals surface area contributed by atoms with E-state index in [2.05, 4.69) is 46.7 Å². The number of alkyl carbamates (subject to hydrolysis) is 1. The molecule has 1 aromatic rings. The number of aryl methyl sites for hydroxylation is 2. The molecule has 0 spiro atoms. The SMILES string of the molecule is CN=C(NCCc1nc(C)c(C)s1)NCC(NC(=O)OC(C)(C)C)C(C)C.I. The second kappa shape index (κ2) is 12.5. The highest BCUT2D eigenvalue weighted by molar-refractivity contribution is 14.0. The second-order valence-corrected chi connectivity index (χ2v) is 9.16. The molecular weight excluding hydrogens is 489 g/mol. The van der Waals surface area contributed by atoms with E-state index in [-0.39, 0.29) is 35.9 Å². The number of ether oxygens (including phenoxy) is 1. The summed E-state index contributed by atoms with van der Waals surface area (Å²) in [7, 11) is 1.73. The van der Waals surface area contributed by atoms with Gasteiger partial charge in [-0.1, -0.05) is 13.8 Å². The van der Waals surface area contributed by atoms with E-state index in [0.29, 0.717) is 12.5 Å². The molecule has 0 radical (unpaired) electrons. The topological polar surface area (TPSA) is 87.6 Å². The van der Waals surface area contributed by atoms with Crippen LogP contribution in [-0.4, -0.2) is 48.8 Å². The number of nitrogens with zero attached hydrogens (tertiary/aromatic N) is 2. The molecule has 1 heterocycles. The molecule has 1 aromatic heterocycles. The molecule has 3 N–H and O–H groups in total. The molecule has 1 rings (SSSR count). The van der Waals surface area contributed by atoms with Gasteiger partial charge in [0, 0.05) is 31.4 Å². The van der Waals surface area contributed by atoms with Gasteiger partial charge in [0.1, 0.15) is 5.60 Å². The van der Waals surface area contributed by atoms with Crippen molar-refractivity contribution in [2.75, 3.05) is 20.1 Å². The Hall–Kier alpha value is -1.10. The van der Waals surface area contributed by atoms with Gasteiger partial charge < -0.3 is 20.7 Å². The highest BCUT2D eigenvalue weighted by Gasteiger charge is 2.21. The van der Waals surface area contributed by atoms with Gasteiger partial charge in [-0.15, -0.1) is 35.3 Å². The Bertz CT molecular complexity index is 621. The van der Waals surface area contributed by atoms with Gasteiger partial charge in [-0.2, -0.15) is 0 Å². The number of amides is 1. The Balaban J connectivity index is 0.00000729. The zero-order valence-electron chi connectivity index (χ0n) is 18.3. The van der Waals surface area contributed by atoms with Crippen LogP contribution >= 0.6 is 35.3 Å². The minimum Gasteiger partial charge on any atom is -0.444 e. The van der Waals surface area contributed by atoms with Crippen LogP contribution in [0.25, 0.3) is 0 Å². The molecule has 1 unspecified atom stereocenters. The van der Waals surface area contributed by atoms with E-state index in [0.717, 1.165) is 23.7 Å². The van der Waals surface area contributed by atoms with Crippen LogP contribution in [0.4, 0.5) is 4.79 Å². The van der Waals surface area contributed by atoms with Gasteiger partial charge >= 0.3 is 6.09 Å². The lowest BCUT2D eigenvalue weighted by molar-refractivity contribution is 0.0491. The number of hydrogen-bond donors (Lipinski definition) is 3. The molecule has 0 fully saturated rings. The lowest BCUT2D eigenvalue weighted by Crippen LogP contribution is -2.50. The lowest BCUT2D eigenvalue weighted by atomic mass is 10.0. The van der Waals surface area contributed by atoms with Gasteiger partial charge in [-0.3, -0.25) is 4.99 Å². The first-order chi connectivity index (χ1) is 12.5. The molecular formula is C19H36IN5O2S. The van der Waals surface area contributed by atoms with Crippen molar-refractivity contribution >= 4 is 47.4 Å². The van der Waals surface area contributed by atoms with Gasteiger partial charge in [-0.25, -0.2) is 9.78 Å². The number of guanidine groups is 1. The maximum absolute atomic E-state index is 12.0. The summed E-state index contributed by atoms with van der Waals surface area (Å²) in [6.45, 7) is 15.1. The number of halogens is 1. The Kier molecular flexibility index (Phi) is 12.0. The van der Waals surface area contributed by atoms with Crippen molar-refractivity contribution in [1.29, 1.82) is 0 Å². The van der Waals surface area contributed by atoms with Crippen LogP contribution in [0.1, 0.15) is 50.2 Å². The highest BCUT2D eigenvalue weighted by atomic mass is 127. The van der Waals surface area contributed by atoms with Crippen LogP contribution in [0.2, 0.25) is 0 Å². The lowest BCUT2D eigenvalue weighted by Gasteiger charge is -2.26. The minimum absolute atomic E-state index is 0. The van der Waals surface area contributed by atoms with E-state index in [1.165, 1.54) is 4.88 Å². The van der Waals surface area contributed by atoms with E-state index < -0.39 is 11.7 Å². The van der Waals surface area contributed by atoms with E-state index in [1.54, 1.807) is 18.4 Å². The average molecular weight is 526 g/mol. The summed E-state index contributed by atoms with van der Waals surface area (Å²) in [5.74, 6) is 0.959. The third kappa shape index (κ3) is 10.4. The van der Waals surface area contributed by atoms with E-state index >= 15 is 0 Å². The average Bonchev–Trinajstić information content (AvgIpc) is 2.85. The Morgan fingerprint density at radius 2 is 1.89 bits per heavy atom. The summed E-state index contributed by atoms with van der Waals surface area (Å²) in [5.41, 5.74) is 0.592. The van der Waals surface area contributed by atoms with Crippen molar-refractivity contribution in [1.82, 2.24) is 20.9 Å². The third-order valence-corrected chi connectivity index (χ3v) is 5.06. The maximum Gasteiger partial charge on any atom is 0.407 e. The first-order valence-corrected chi connectivity index (χ1v) is 10.2. The molecule has 0 aliphatic carbocycles. The quantitative estimate of drug-likeness (QED) is 0.288. The summed E-state index contributed by atoms with van der Waals surface area (Å²) in [6, 6.07) is -0.0670. The number of aliphatic imine (C=N–C) groups is 1. The highest BCUT2D eigenvalue weighted by Crippen LogP contribution is 2.16. The summed E-state index contributed by atoms with van der Waals surface area (Å²) in [4.78, 5) is 22.1. The smallest absolute Gasteiger partial charge is 0.407 e. The molecule has 9 heteroatoms. The zero-order chi connectivity index (χ0) is 20.6. The molecule has 28 heavy (non-hydrogen) atoms. The molecule has 0 bridgehead atoms. The normalized spacial score (nSPS) is 13.0. The second-order valence-electron chi connectivity index (χ2n) is 7.88. The van der Waals surface area contributed by atoms with Gasteiger partial charge in [0.25, 0.3) is 0 Å². The first-order valence-electron chi connectivity index (χ1n) is 9.38. The van der Waals surface area contributed by atoms with Crippen LogP contribution < -0.4 is 16.0 Å². The summed E-state index contributed by atoms with van der Waals surface area (Å²) in [5, 5.41) is 10.6. The molecule has 0 saturated carbocycles. The molecule has 0 aliphatic rings. The molecule has 0 aliphatic heterocycles. The van der Waals surface area contributed by atoms with E-state index in [9.17, 15) is 4.79 Å². The number of carbonyl (C=O) groups excluding carboxylic acids is 1. The zero-order valence-corrected chi connectivity index (χ0v) is 21.5. The fraction of sp³-hybridized carbons (Fsp3) is 0.737. The summed E-state index contributed by atoms with van der Waals surface area (Å²) >= 11 is 1.73. The number of thiazole rings is 1. The first kappa shape index (κ1) is 26.9. The van der Waals surface area contributed by atoms with Crippen LogP contribution in [0.5, 0.6) is 0 Å². The molecule has 1 amide bonds. The molecule has 7 nitrogen and oxygen atoms in total. The van der Waals surface area contributed by atoms with Crippen molar-refractivity contribution in [2.45, 2.75) is 66.5 Å². The van der Waals surface area contributed by atoms with Gasteiger partial charge in [0.05, 0.1) is 16.7 Å². The largest absolute Gasteiger partial charge is 0.444 e. The number of rotatable bonds is 7. The molecule has 162 valence electrons. The molecule has 0 aromatic carbocycles. The standard InChI is InChI=1S/C19H35N5O2S.HI/c1-12(2)15(24-18(25)26-19(5,6)7)11-22-17(20-8)21-10-9-16-23-13(3)14(4)27-16;/h12,15H,9-11H2,1-8H3,(H,24,25)(H2,20,21,22);1H. The van der Waals surface area contributed by atoms with Crippen molar-refractivity contribution < 1.29 is 9.53 Å². The minimum atomic E-state index is -0.511. The maximum atomic E-state index is 12.0. The summed E-state index contributed by atoms with van der Waals surface area (Å²) < 4.78 is 5.35. The van der Waals surface area contributed by atoms with E-state index in [1.807, 2.05) is 27.7 Å². The monoisotopic (exact) mass is 525 g/mol. The van der Waals surface area contributed by atoms with Crippen LogP contribution in [-0.2, 0) is 11.2 Å². The van der Waals surface area contributed by atoms with Crippen molar-refractivity contribution in [2.24, 2.45) is 10.9 Å². The Morgan fingerprint density at radius 1 is 1.25 bits per heavy atom. The van der Waals surface area contributed by atoms with Crippen molar-refractivity contribution in [3.05, 3.63) is 15.6 Å². The van der Waals surface area contributed by atoms with E-state index in [4.69, 9.17) is 4.74 Å². The number of aromatic nitrogens is 1. The Morgan fingerprint density at radius 3 is 2.36 bits per heavy atom. The van der Waals surface area contributed by atoms with Gasteiger partial charge in [-0.05, 0) is 40.5 Å². The predicted octanol–water partition coefficient (Wildman–Crippen LogP) is 3.63. The fourth-order valence-corrected chi connectivity index (χ4v) is 3.21. The van der Waals surface area contributed by atoms with Crippen LogP contribution in [0, 0.1) is 19.8 Å². The third-order valence-electron chi connectivity index (χ3n) is 3.92. The van der Waals surface area contributed by atoms with Gasteiger partial charge in [0.2, 0.25) is 0 Å². The van der Waals surface area contributed by atoms with Gasteiger partial charge in [0.15, 0.2) is 5.96 Å². The summed E-state index contributed by atoms with van der Waals surface area (Å²) in [6.07, 6.45) is 0.449. The Labute approximate surface area is 190 Å². The molecule has 0 saturated heterocycles. The predicted molar refractivity (Wildman–Crippen MR) is 128 cm³/mol. The van der Waals surface area contributed by atoms with Crippen LogP contribution in [0.15, 0.2) is 4.99 Å². The van der Waals surface area contributed by atoms with Crippen molar-refractivity contribution in [3.8, 4) is 0 Å². The number of nitrogens with one attached hydrogen (secondary N) is 3. The van der Waals surface area contributed by atoms with Crippen LogP contribution in [0.3, 0.4) is 0 Å². The fourth-order valence-electron chi connectivity index (χ4n) is 2.27. The number of hydrogen-bond acceptors (Lipinski definition) is 5. The molecule has 1 atom stereocenters.